The molecule has 3 unspecified atom stereocenters. The molecule has 0 amide bonds. The van der Waals surface area contributed by atoms with Crippen molar-refractivity contribution in [2.75, 3.05) is 13.2 Å². The molecule has 1 saturated heterocycles. The third-order valence-corrected chi connectivity index (χ3v) is 6.53. The number of rotatable bonds is 14. The quantitative estimate of drug-likeness (QED) is 0.260. The van der Waals surface area contributed by atoms with Gasteiger partial charge in [-0.1, -0.05) is 6.92 Å². The highest BCUT2D eigenvalue weighted by Gasteiger charge is 2.54. The third kappa shape index (κ3) is 7.29. The van der Waals surface area contributed by atoms with Gasteiger partial charge in [0.05, 0.1) is 6.61 Å². The van der Waals surface area contributed by atoms with Gasteiger partial charge in [-0.05, 0) is 44.4 Å². The first-order chi connectivity index (χ1) is 15.0. The van der Waals surface area contributed by atoms with Crippen LogP contribution >= 0.6 is 0 Å². The number of ketones is 1. The van der Waals surface area contributed by atoms with Gasteiger partial charge in [-0.3, -0.25) is 24.0 Å². The number of carbonyl (C=O) groups is 5. The van der Waals surface area contributed by atoms with Crippen molar-refractivity contribution in [3.05, 3.63) is 0 Å². The lowest BCUT2D eigenvalue weighted by Gasteiger charge is -2.49. The molecule has 2 fully saturated rings. The number of ether oxygens (including phenoxy) is 2. The molecule has 1 aliphatic carbocycles. The van der Waals surface area contributed by atoms with Crippen molar-refractivity contribution in [1.29, 1.82) is 0 Å². The molecule has 1 heterocycles. The summed E-state index contributed by atoms with van der Waals surface area (Å²) in [5, 5.41) is 27.7. The zero-order valence-corrected chi connectivity index (χ0v) is 18.3. The zero-order chi connectivity index (χ0) is 23.9. The van der Waals surface area contributed by atoms with Crippen molar-refractivity contribution >= 4 is 29.7 Å². The summed E-state index contributed by atoms with van der Waals surface area (Å²) in [6.45, 7) is 2.55. The minimum atomic E-state index is -1.18. The Labute approximate surface area is 186 Å². The number of esters is 1. The van der Waals surface area contributed by atoms with E-state index in [4.69, 9.17) is 9.47 Å². The topological polar surface area (TPSA) is 168 Å². The molecule has 3 atom stereocenters. The lowest BCUT2D eigenvalue weighted by molar-refractivity contribution is -0.154. The van der Waals surface area contributed by atoms with Gasteiger partial charge >= 0.3 is 23.9 Å². The molecule has 1 saturated carbocycles. The third-order valence-electron chi connectivity index (χ3n) is 6.53. The molecule has 0 spiro atoms. The maximum atomic E-state index is 13.9. The molecule has 0 aromatic rings. The number of aliphatic carboxylic acids is 3. The van der Waals surface area contributed by atoms with Gasteiger partial charge in [0.1, 0.15) is 18.5 Å². The van der Waals surface area contributed by atoms with E-state index in [2.05, 4.69) is 0 Å². The van der Waals surface area contributed by atoms with Gasteiger partial charge < -0.3 is 24.8 Å². The second-order valence-corrected chi connectivity index (χ2v) is 9.22. The number of hydrogen-bond acceptors (Lipinski definition) is 7. The van der Waals surface area contributed by atoms with Gasteiger partial charge in [0.2, 0.25) is 0 Å². The van der Waals surface area contributed by atoms with Gasteiger partial charge in [-0.15, -0.1) is 0 Å². The van der Waals surface area contributed by atoms with E-state index in [1.54, 1.807) is 0 Å². The SMILES string of the molecule is CC1CC(CCC(=O)O)(CCC(=O)O)C(=O)C(CCC(=O)O)(CCC(=O)OCC2CO2)C1. The predicted molar refractivity (Wildman–Crippen MR) is 109 cm³/mol. The zero-order valence-electron chi connectivity index (χ0n) is 18.3. The highest BCUT2D eigenvalue weighted by atomic mass is 16.6. The molecule has 32 heavy (non-hydrogen) atoms. The van der Waals surface area contributed by atoms with Crippen molar-refractivity contribution < 1.29 is 48.8 Å². The van der Waals surface area contributed by atoms with Crippen LogP contribution in [0.5, 0.6) is 0 Å². The standard InChI is InChI=1S/C22H32O10/c1-14-10-21(6-2-16(23)24,7-3-17(25)26)20(30)22(11-14,8-4-18(27)28)9-5-19(29)32-13-15-12-31-15/h14-15H,2-13H2,1H3,(H,23,24)(H,25,26)(H,27,28). The minimum Gasteiger partial charge on any atom is -0.481 e. The van der Waals surface area contributed by atoms with E-state index in [0.717, 1.165) is 0 Å². The Morgan fingerprint density at radius 2 is 1.28 bits per heavy atom. The van der Waals surface area contributed by atoms with E-state index in [1.807, 2.05) is 6.92 Å². The van der Waals surface area contributed by atoms with E-state index >= 15 is 0 Å². The molecular weight excluding hydrogens is 424 g/mol. The Hall–Kier alpha value is -2.49. The Balaban J connectivity index is 2.28. The summed E-state index contributed by atoms with van der Waals surface area (Å²) < 4.78 is 10.1. The van der Waals surface area contributed by atoms with Gasteiger partial charge in [0.25, 0.3) is 0 Å². The van der Waals surface area contributed by atoms with Crippen molar-refractivity contribution in [2.45, 2.75) is 77.2 Å². The highest BCUT2D eigenvalue weighted by Crippen LogP contribution is 2.54. The van der Waals surface area contributed by atoms with Crippen molar-refractivity contribution in [2.24, 2.45) is 16.7 Å². The largest absolute Gasteiger partial charge is 0.481 e. The molecule has 0 radical (unpaired) electrons. The van der Waals surface area contributed by atoms with Crippen molar-refractivity contribution in [3.63, 3.8) is 0 Å². The fourth-order valence-electron chi connectivity index (χ4n) is 5.07. The van der Waals surface area contributed by atoms with Crippen LogP contribution < -0.4 is 0 Å². The lowest BCUT2D eigenvalue weighted by atomic mass is 9.53. The van der Waals surface area contributed by atoms with Crippen LogP contribution in [0.2, 0.25) is 0 Å². The minimum absolute atomic E-state index is 0.00636. The molecule has 0 bridgehead atoms. The summed E-state index contributed by atoms with van der Waals surface area (Å²) in [6.07, 6.45) is -0.305. The first-order valence-corrected chi connectivity index (χ1v) is 11.0. The fourth-order valence-corrected chi connectivity index (χ4v) is 5.07. The molecule has 2 rings (SSSR count). The monoisotopic (exact) mass is 456 g/mol. The summed E-state index contributed by atoms with van der Waals surface area (Å²) >= 11 is 0. The van der Waals surface area contributed by atoms with Crippen LogP contribution in [0.15, 0.2) is 0 Å². The van der Waals surface area contributed by atoms with Gasteiger partial charge in [0, 0.05) is 36.5 Å². The van der Waals surface area contributed by atoms with E-state index in [0.29, 0.717) is 19.4 Å². The van der Waals surface area contributed by atoms with Crippen LogP contribution in [-0.4, -0.2) is 64.3 Å². The number of carbonyl (C=O) groups excluding carboxylic acids is 2. The van der Waals surface area contributed by atoms with Gasteiger partial charge in [-0.25, -0.2) is 0 Å². The average molecular weight is 456 g/mol. The summed E-state index contributed by atoms with van der Waals surface area (Å²) in [6, 6.07) is 0. The molecule has 0 aromatic heterocycles. The summed E-state index contributed by atoms with van der Waals surface area (Å²) in [4.78, 5) is 59.9. The normalized spacial score (nSPS) is 26.3. The Morgan fingerprint density at radius 1 is 0.875 bits per heavy atom. The van der Waals surface area contributed by atoms with Crippen LogP contribution in [0.25, 0.3) is 0 Å². The number of epoxide rings is 1. The first-order valence-electron chi connectivity index (χ1n) is 11.0. The number of carboxylic acids is 3. The second kappa shape index (κ2) is 10.9. The molecule has 10 heteroatoms. The summed E-state index contributed by atoms with van der Waals surface area (Å²) in [5.41, 5.74) is -2.33. The molecule has 3 N–H and O–H groups in total. The fraction of sp³-hybridized carbons (Fsp3) is 0.773. The van der Waals surface area contributed by atoms with Crippen molar-refractivity contribution in [1.82, 2.24) is 0 Å². The maximum Gasteiger partial charge on any atom is 0.305 e. The lowest BCUT2D eigenvalue weighted by Crippen LogP contribution is -2.50. The molecular formula is C22H32O10. The van der Waals surface area contributed by atoms with E-state index in [9.17, 15) is 39.3 Å². The highest BCUT2D eigenvalue weighted by molar-refractivity contribution is 5.92. The molecule has 2 aliphatic rings. The molecule has 0 aromatic carbocycles. The van der Waals surface area contributed by atoms with E-state index < -0.39 is 34.7 Å². The predicted octanol–water partition coefficient (Wildman–Crippen LogP) is 2.27. The summed E-state index contributed by atoms with van der Waals surface area (Å²) in [5.74, 6) is -4.15. The Morgan fingerprint density at radius 3 is 1.66 bits per heavy atom. The average Bonchev–Trinajstić information content (AvgIpc) is 3.54. The Bertz CT molecular complexity index is 723. The summed E-state index contributed by atoms with van der Waals surface area (Å²) in [7, 11) is 0. The Kier molecular flexibility index (Phi) is 8.77. The maximum absolute atomic E-state index is 13.9. The van der Waals surface area contributed by atoms with Gasteiger partial charge in [-0.2, -0.15) is 0 Å². The van der Waals surface area contributed by atoms with Crippen LogP contribution in [0.3, 0.4) is 0 Å². The number of hydrogen-bond donors (Lipinski definition) is 3. The number of Topliss-reactive ketones (excluding diaryl/α,β-unsaturated/α-hetero) is 1. The first kappa shape index (κ1) is 25.8. The van der Waals surface area contributed by atoms with Crippen LogP contribution in [-0.2, 0) is 33.4 Å². The number of carboxylic acid groups (broad SMARTS) is 3. The van der Waals surface area contributed by atoms with Crippen molar-refractivity contribution in [3.8, 4) is 0 Å². The van der Waals surface area contributed by atoms with E-state index in [-0.39, 0.29) is 75.8 Å². The van der Waals surface area contributed by atoms with Crippen LogP contribution in [0, 0.1) is 16.7 Å². The van der Waals surface area contributed by atoms with E-state index in [1.165, 1.54) is 0 Å². The second-order valence-electron chi connectivity index (χ2n) is 9.22. The van der Waals surface area contributed by atoms with Crippen LogP contribution in [0.1, 0.15) is 71.1 Å². The molecule has 10 nitrogen and oxygen atoms in total. The molecule has 1 aliphatic heterocycles. The van der Waals surface area contributed by atoms with Gasteiger partial charge in [0.15, 0.2) is 0 Å². The smallest absolute Gasteiger partial charge is 0.305 e. The van der Waals surface area contributed by atoms with Crippen LogP contribution in [0.4, 0.5) is 0 Å². The molecule has 180 valence electrons.